The number of aliphatic imine (C=N–C) groups is 1. The van der Waals surface area contributed by atoms with E-state index in [-0.39, 0.29) is 22.4 Å². The minimum absolute atomic E-state index is 0. The molecule has 0 atom stereocenters. The standard InChI is InChI=1S/C16H14N3O3.Ni/c1-11(18-10-15(20)21)12-6-2-3-7-13(12)19-16(22)14-8-4-5-9-17-14;/h2-10H,1H3,(H,19,22)(H,20,21);/q-1;. The zero-order valence-corrected chi connectivity index (χ0v) is 13.2. The summed E-state index contributed by atoms with van der Waals surface area (Å²) in [7, 11) is 0. The van der Waals surface area contributed by atoms with E-state index < -0.39 is 5.97 Å². The molecule has 0 unspecified atom stereocenters. The van der Waals surface area contributed by atoms with Crippen LogP contribution in [-0.4, -0.2) is 27.7 Å². The predicted octanol–water partition coefficient (Wildman–Crippen LogP) is 2.39. The Hall–Kier alpha value is -2.66. The van der Waals surface area contributed by atoms with E-state index in [0.29, 0.717) is 22.7 Å². The summed E-state index contributed by atoms with van der Waals surface area (Å²) in [6.45, 7) is 2.48. The van der Waals surface area contributed by atoms with Crippen LogP contribution in [-0.2, 0) is 21.3 Å². The SMILES string of the molecule is CC(=N[CH-]C(=O)O)c1ccccc1NC(=O)c1ccccn1.[Ni]. The molecular formula is C16H14N3NiO3-. The van der Waals surface area contributed by atoms with Crippen molar-refractivity contribution < 1.29 is 31.2 Å². The van der Waals surface area contributed by atoms with Gasteiger partial charge in [0.1, 0.15) is 5.69 Å². The Morgan fingerprint density at radius 1 is 1.17 bits per heavy atom. The first-order valence-electron chi connectivity index (χ1n) is 6.50. The Morgan fingerprint density at radius 2 is 1.87 bits per heavy atom. The molecule has 1 amide bonds. The van der Waals surface area contributed by atoms with E-state index in [1.165, 1.54) is 6.20 Å². The van der Waals surface area contributed by atoms with Gasteiger partial charge in [-0.3, -0.25) is 14.6 Å². The second kappa shape index (κ2) is 8.71. The summed E-state index contributed by atoms with van der Waals surface area (Å²) in [4.78, 5) is 30.5. The van der Waals surface area contributed by atoms with E-state index in [2.05, 4.69) is 15.3 Å². The molecular weight excluding hydrogens is 341 g/mol. The van der Waals surface area contributed by atoms with Crippen molar-refractivity contribution in [3.05, 3.63) is 66.5 Å². The number of para-hydroxylation sites is 1. The average molecular weight is 355 g/mol. The third-order valence-corrected chi connectivity index (χ3v) is 2.83. The molecule has 23 heavy (non-hydrogen) atoms. The number of aromatic nitrogens is 1. The fourth-order valence-electron chi connectivity index (χ4n) is 1.81. The number of pyridine rings is 1. The molecule has 0 bridgehead atoms. The number of carbonyl (C=O) groups is 2. The zero-order chi connectivity index (χ0) is 15.9. The molecule has 2 rings (SSSR count). The van der Waals surface area contributed by atoms with Gasteiger partial charge >= 0.3 is 0 Å². The number of carboxylic acid groups (broad SMARTS) is 1. The summed E-state index contributed by atoms with van der Waals surface area (Å²) in [5.41, 5.74) is 1.96. The number of hydrogen-bond donors (Lipinski definition) is 2. The minimum atomic E-state index is -1.13. The summed E-state index contributed by atoms with van der Waals surface area (Å²) in [5.74, 6) is -1.47. The second-order valence-electron chi connectivity index (χ2n) is 4.40. The molecule has 0 aliphatic heterocycles. The number of aliphatic carboxylic acids is 1. The van der Waals surface area contributed by atoms with E-state index in [4.69, 9.17) is 5.11 Å². The van der Waals surface area contributed by atoms with Crippen LogP contribution in [0.5, 0.6) is 0 Å². The van der Waals surface area contributed by atoms with Crippen molar-refractivity contribution in [2.24, 2.45) is 4.99 Å². The van der Waals surface area contributed by atoms with Crippen LogP contribution in [0.3, 0.4) is 0 Å². The first kappa shape index (κ1) is 18.4. The minimum Gasteiger partial charge on any atom is -0.490 e. The Morgan fingerprint density at radius 3 is 2.52 bits per heavy atom. The molecule has 122 valence electrons. The fourth-order valence-corrected chi connectivity index (χ4v) is 1.81. The van der Waals surface area contributed by atoms with Crippen molar-refractivity contribution >= 4 is 23.3 Å². The number of carboxylic acids is 1. The van der Waals surface area contributed by atoms with Crippen LogP contribution in [0, 0.1) is 6.54 Å². The Balaban J connectivity index is 0.00000264. The van der Waals surface area contributed by atoms with Crippen LogP contribution in [0.2, 0.25) is 0 Å². The monoisotopic (exact) mass is 354 g/mol. The maximum atomic E-state index is 12.1. The van der Waals surface area contributed by atoms with Gasteiger partial charge in [-0.05, 0) is 24.7 Å². The summed E-state index contributed by atoms with van der Waals surface area (Å²) >= 11 is 0. The van der Waals surface area contributed by atoms with Gasteiger partial charge in [-0.15, -0.1) is 5.71 Å². The van der Waals surface area contributed by atoms with Crippen molar-refractivity contribution in [2.45, 2.75) is 6.92 Å². The summed E-state index contributed by atoms with van der Waals surface area (Å²) in [5, 5.41) is 11.4. The average Bonchev–Trinajstić information content (AvgIpc) is 2.54. The molecule has 1 aromatic carbocycles. The quantitative estimate of drug-likeness (QED) is 0.490. The van der Waals surface area contributed by atoms with Crippen LogP contribution in [0.25, 0.3) is 0 Å². The summed E-state index contributed by atoms with van der Waals surface area (Å²) in [6.07, 6.45) is 1.54. The van der Waals surface area contributed by atoms with Crippen LogP contribution in [0.1, 0.15) is 23.0 Å². The Bertz CT molecular complexity index is 718. The second-order valence-corrected chi connectivity index (χ2v) is 4.40. The fraction of sp³-hybridized carbons (Fsp3) is 0.0625. The molecule has 0 fully saturated rings. The molecule has 1 heterocycles. The third-order valence-electron chi connectivity index (χ3n) is 2.83. The van der Waals surface area contributed by atoms with Gasteiger partial charge in [0.15, 0.2) is 0 Å². The third kappa shape index (κ3) is 5.23. The van der Waals surface area contributed by atoms with Crippen molar-refractivity contribution in [1.82, 2.24) is 4.98 Å². The van der Waals surface area contributed by atoms with Gasteiger partial charge in [0.25, 0.3) is 11.9 Å². The predicted molar refractivity (Wildman–Crippen MR) is 82.8 cm³/mol. The van der Waals surface area contributed by atoms with Crippen molar-refractivity contribution in [3.8, 4) is 0 Å². The molecule has 1 aromatic heterocycles. The molecule has 6 nitrogen and oxygen atoms in total. The molecule has 7 heteroatoms. The molecule has 0 aliphatic rings. The number of hydrogen-bond acceptors (Lipinski definition) is 4. The van der Waals surface area contributed by atoms with E-state index >= 15 is 0 Å². The number of nitrogens with zero attached hydrogens (tertiary/aromatic N) is 2. The molecule has 0 spiro atoms. The molecule has 2 aromatic rings. The Kier molecular flexibility index (Phi) is 6.96. The van der Waals surface area contributed by atoms with Crippen molar-refractivity contribution in [3.63, 3.8) is 0 Å². The smallest absolute Gasteiger partial charge is 0.274 e. The molecule has 2 N–H and O–H groups in total. The van der Waals surface area contributed by atoms with E-state index in [0.717, 1.165) is 6.54 Å². The van der Waals surface area contributed by atoms with E-state index in [9.17, 15) is 9.59 Å². The molecule has 0 aliphatic carbocycles. The first-order valence-corrected chi connectivity index (χ1v) is 6.50. The first-order chi connectivity index (χ1) is 10.6. The van der Waals surface area contributed by atoms with E-state index in [1.54, 1.807) is 49.4 Å². The largest absolute Gasteiger partial charge is 0.490 e. The van der Waals surface area contributed by atoms with Gasteiger partial charge < -0.3 is 15.4 Å². The molecule has 0 radical (unpaired) electrons. The van der Waals surface area contributed by atoms with Gasteiger partial charge in [0, 0.05) is 28.4 Å². The normalized spacial score (nSPS) is 10.4. The number of amides is 1. The number of carbonyl (C=O) groups excluding carboxylic acids is 1. The number of rotatable bonds is 5. The summed E-state index contributed by atoms with van der Waals surface area (Å²) < 4.78 is 0. The molecule has 0 saturated carbocycles. The maximum absolute atomic E-state index is 12.1. The molecule has 0 saturated heterocycles. The van der Waals surface area contributed by atoms with Crippen LogP contribution in [0.4, 0.5) is 5.69 Å². The van der Waals surface area contributed by atoms with Gasteiger partial charge in [-0.2, -0.15) is 0 Å². The topological polar surface area (TPSA) is 91.6 Å². The van der Waals surface area contributed by atoms with Gasteiger partial charge in [-0.1, -0.05) is 36.8 Å². The van der Waals surface area contributed by atoms with Crippen LogP contribution < -0.4 is 5.32 Å². The van der Waals surface area contributed by atoms with Gasteiger partial charge in [0.05, 0.1) is 0 Å². The van der Waals surface area contributed by atoms with E-state index in [1.807, 2.05) is 0 Å². The number of nitrogens with one attached hydrogen (secondary N) is 1. The number of anilines is 1. The number of benzene rings is 1. The van der Waals surface area contributed by atoms with Gasteiger partial charge in [0.2, 0.25) is 0 Å². The van der Waals surface area contributed by atoms with Crippen LogP contribution in [0.15, 0.2) is 53.7 Å². The van der Waals surface area contributed by atoms with Crippen LogP contribution >= 0.6 is 0 Å². The van der Waals surface area contributed by atoms with Crippen molar-refractivity contribution in [2.75, 3.05) is 5.32 Å². The maximum Gasteiger partial charge on any atom is 0.274 e. The zero-order valence-electron chi connectivity index (χ0n) is 12.2. The Labute approximate surface area is 143 Å². The van der Waals surface area contributed by atoms with Crippen molar-refractivity contribution in [1.29, 1.82) is 0 Å². The summed E-state index contributed by atoms with van der Waals surface area (Å²) in [6, 6.07) is 12.1. The van der Waals surface area contributed by atoms with Gasteiger partial charge in [-0.25, -0.2) is 0 Å².